The lowest BCUT2D eigenvalue weighted by Gasteiger charge is -2.35. The largest absolute Gasteiger partial charge is 0.413 e. The molecule has 0 aromatic carbocycles. The van der Waals surface area contributed by atoms with Crippen molar-refractivity contribution in [2.75, 3.05) is 32.8 Å². The van der Waals surface area contributed by atoms with E-state index in [4.69, 9.17) is 9.16 Å². The molecule has 1 fully saturated rings. The third-order valence-electron chi connectivity index (χ3n) is 2.79. The highest BCUT2D eigenvalue weighted by molar-refractivity contribution is 6.69. The summed E-state index contributed by atoms with van der Waals surface area (Å²) in [6.45, 7) is 16.2. The second-order valence-corrected chi connectivity index (χ2v) is 10.4. The van der Waals surface area contributed by atoms with Crippen LogP contribution in [0.5, 0.6) is 0 Å². The van der Waals surface area contributed by atoms with Gasteiger partial charge in [-0.25, -0.2) is 0 Å². The molecule has 0 radical (unpaired) electrons. The van der Waals surface area contributed by atoms with Gasteiger partial charge in [-0.05, 0) is 25.6 Å². The first kappa shape index (κ1) is 14.2. The molecule has 1 saturated heterocycles. The van der Waals surface area contributed by atoms with Crippen LogP contribution in [0.25, 0.3) is 0 Å². The molecular weight excluding hydrogens is 218 g/mol. The van der Waals surface area contributed by atoms with E-state index in [9.17, 15) is 0 Å². The highest BCUT2D eigenvalue weighted by Gasteiger charge is 2.25. The van der Waals surface area contributed by atoms with Crippen molar-refractivity contribution in [3.8, 4) is 0 Å². The van der Waals surface area contributed by atoms with E-state index in [2.05, 4.69) is 38.4 Å². The van der Waals surface area contributed by atoms with Gasteiger partial charge in [-0.2, -0.15) is 0 Å². The molecule has 1 atom stereocenters. The second-order valence-electron chi connectivity index (χ2n) is 5.93. The number of morpholine rings is 1. The van der Waals surface area contributed by atoms with Gasteiger partial charge >= 0.3 is 0 Å². The Kier molecular flexibility index (Phi) is 5.44. The van der Waals surface area contributed by atoms with Crippen molar-refractivity contribution in [3.63, 3.8) is 0 Å². The summed E-state index contributed by atoms with van der Waals surface area (Å²) in [7, 11) is -1.43. The number of ether oxygens (including phenoxy) is 1. The van der Waals surface area contributed by atoms with Gasteiger partial charge in [0, 0.05) is 19.6 Å². The highest BCUT2D eigenvalue weighted by atomic mass is 28.4. The molecule has 4 heteroatoms. The zero-order valence-electron chi connectivity index (χ0n) is 11.5. The maximum atomic E-state index is 6.26. The Balaban J connectivity index is 2.43. The first-order valence-electron chi connectivity index (χ1n) is 6.36. The number of nitrogens with zero attached hydrogens (tertiary/aromatic N) is 1. The molecule has 0 aliphatic carbocycles. The summed E-state index contributed by atoms with van der Waals surface area (Å²) >= 11 is 0. The lowest BCUT2D eigenvalue weighted by atomic mass is 10.1. The summed E-state index contributed by atoms with van der Waals surface area (Å²) in [4.78, 5) is 2.47. The van der Waals surface area contributed by atoms with Crippen LogP contribution in [0.2, 0.25) is 19.6 Å². The Morgan fingerprint density at radius 1 is 1.19 bits per heavy atom. The van der Waals surface area contributed by atoms with Crippen molar-refractivity contribution in [2.24, 2.45) is 5.92 Å². The summed E-state index contributed by atoms with van der Waals surface area (Å²) in [6, 6.07) is 0. The van der Waals surface area contributed by atoms with Crippen LogP contribution in [0.1, 0.15) is 13.8 Å². The zero-order valence-corrected chi connectivity index (χ0v) is 12.5. The Labute approximate surface area is 101 Å². The Hall–Kier alpha value is 0.0969. The fraction of sp³-hybridized carbons (Fsp3) is 1.00. The van der Waals surface area contributed by atoms with Crippen molar-refractivity contribution in [1.82, 2.24) is 4.90 Å². The van der Waals surface area contributed by atoms with E-state index in [1.54, 1.807) is 0 Å². The minimum Gasteiger partial charge on any atom is -0.413 e. The van der Waals surface area contributed by atoms with Gasteiger partial charge in [0.05, 0.1) is 19.3 Å². The van der Waals surface area contributed by atoms with E-state index in [1.165, 1.54) is 0 Å². The van der Waals surface area contributed by atoms with E-state index >= 15 is 0 Å². The van der Waals surface area contributed by atoms with Crippen molar-refractivity contribution in [1.29, 1.82) is 0 Å². The van der Waals surface area contributed by atoms with Crippen LogP contribution in [0.15, 0.2) is 0 Å². The number of hydrogen-bond donors (Lipinski definition) is 0. The van der Waals surface area contributed by atoms with Crippen LogP contribution in [0, 0.1) is 5.92 Å². The zero-order chi connectivity index (χ0) is 12.2. The summed E-state index contributed by atoms with van der Waals surface area (Å²) in [5, 5.41) is 0. The summed E-state index contributed by atoms with van der Waals surface area (Å²) < 4.78 is 11.6. The smallest absolute Gasteiger partial charge is 0.184 e. The van der Waals surface area contributed by atoms with Gasteiger partial charge in [0.1, 0.15) is 0 Å². The minimum atomic E-state index is -1.43. The molecule has 0 spiro atoms. The van der Waals surface area contributed by atoms with Crippen LogP contribution in [0.4, 0.5) is 0 Å². The number of hydrogen-bond acceptors (Lipinski definition) is 3. The van der Waals surface area contributed by atoms with Gasteiger partial charge in [-0.1, -0.05) is 13.8 Å². The standard InChI is InChI=1S/C12H27NO2Si/c1-11(2)12(15-16(3,4)5)10-13-6-8-14-9-7-13/h11-12H,6-10H2,1-5H3. The predicted octanol–water partition coefficient (Wildman–Crippen LogP) is 2.19. The summed E-state index contributed by atoms with van der Waals surface area (Å²) in [5.74, 6) is 0.592. The van der Waals surface area contributed by atoms with E-state index < -0.39 is 8.32 Å². The molecule has 1 aliphatic rings. The third kappa shape index (κ3) is 5.43. The van der Waals surface area contributed by atoms with Crippen LogP contribution in [-0.2, 0) is 9.16 Å². The maximum absolute atomic E-state index is 6.26. The average Bonchev–Trinajstić information content (AvgIpc) is 2.16. The minimum absolute atomic E-state index is 0.379. The molecule has 3 nitrogen and oxygen atoms in total. The molecule has 0 N–H and O–H groups in total. The van der Waals surface area contributed by atoms with Gasteiger partial charge in [0.2, 0.25) is 0 Å². The van der Waals surface area contributed by atoms with E-state index in [0.717, 1.165) is 32.8 Å². The van der Waals surface area contributed by atoms with Gasteiger partial charge in [0.15, 0.2) is 8.32 Å². The molecule has 0 saturated carbocycles. The highest BCUT2D eigenvalue weighted by Crippen LogP contribution is 2.16. The molecule has 1 unspecified atom stereocenters. The first-order chi connectivity index (χ1) is 7.38. The number of rotatable bonds is 5. The Morgan fingerprint density at radius 2 is 1.75 bits per heavy atom. The molecule has 0 bridgehead atoms. The first-order valence-corrected chi connectivity index (χ1v) is 9.77. The molecule has 0 aromatic rings. The monoisotopic (exact) mass is 245 g/mol. The SMILES string of the molecule is CC(C)C(CN1CCOCC1)O[Si](C)(C)C. The summed E-state index contributed by atoms with van der Waals surface area (Å²) in [6.07, 6.45) is 0.379. The van der Waals surface area contributed by atoms with E-state index in [-0.39, 0.29) is 0 Å². The molecule has 96 valence electrons. The Morgan fingerprint density at radius 3 is 2.19 bits per heavy atom. The normalized spacial score (nSPS) is 21.4. The molecule has 0 aromatic heterocycles. The van der Waals surface area contributed by atoms with Gasteiger partial charge in [-0.3, -0.25) is 4.90 Å². The lowest BCUT2D eigenvalue weighted by molar-refractivity contribution is 0.00961. The maximum Gasteiger partial charge on any atom is 0.184 e. The van der Waals surface area contributed by atoms with Crippen molar-refractivity contribution >= 4 is 8.32 Å². The molecule has 1 rings (SSSR count). The molecule has 1 aliphatic heterocycles. The lowest BCUT2D eigenvalue weighted by Crippen LogP contribution is -2.46. The van der Waals surface area contributed by atoms with Gasteiger partial charge < -0.3 is 9.16 Å². The van der Waals surface area contributed by atoms with Crippen LogP contribution < -0.4 is 0 Å². The van der Waals surface area contributed by atoms with Gasteiger partial charge in [0.25, 0.3) is 0 Å². The van der Waals surface area contributed by atoms with Crippen LogP contribution in [-0.4, -0.2) is 52.2 Å². The average molecular weight is 245 g/mol. The predicted molar refractivity (Wildman–Crippen MR) is 70.3 cm³/mol. The molecular formula is C12H27NO2Si. The molecule has 16 heavy (non-hydrogen) atoms. The van der Waals surface area contributed by atoms with Crippen LogP contribution >= 0.6 is 0 Å². The Bertz CT molecular complexity index is 198. The fourth-order valence-corrected chi connectivity index (χ4v) is 3.13. The second kappa shape index (κ2) is 6.14. The van der Waals surface area contributed by atoms with Gasteiger partial charge in [-0.15, -0.1) is 0 Å². The summed E-state index contributed by atoms with van der Waals surface area (Å²) in [5.41, 5.74) is 0. The van der Waals surface area contributed by atoms with Crippen molar-refractivity contribution < 1.29 is 9.16 Å². The van der Waals surface area contributed by atoms with Crippen LogP contribution in [0.3, 0.4) is 0 Å². The van der Waals surface area contributed by atoms with E-state index in [1.807, 2.05) is 0 Å². The van der Waals surface area contributed by atoms with Crippen molar-refractivity contribution in [3.05, 3.63) is 0 Å². The quantitative estimate of drug-likeness (QED) is 0.693. The van der Waals surface area contributed by atoms with Crippen molar-refractivity contribution in [2.45, 2.75) is 39.6 Å². The topological polar surface area (TPSA) is 21.7 Å². The third-order valence-corrected chi connectivity index (χ3v) is 3.80. The fourth-order valence-electron chi connectivity index (χ4n) is 1.88. The van der Waals surface area contributed by atoms with E-state index in [0.29, 0.717) is 12.0 Å². The molecule has 0 amide bonds. The molecule has 1 heterocycles.